The predicted octanol–water partition coefficient (Wildman–Crippen LogP) is 2.03. The molecule has 0 heterocycles. The number of aliphatic hydroxyl groups excluding tert-OH is 1. The highest BCUT2D eigenvalue weighted by atomic mass is 19.1. The van der Waals surface area contributed by atoms with Gasteiger partial charge in [-0.15, -0.1) is 0 Å². The minimum absolute atomic E-state index is 0.108. The quantitative estimate of drug-likeness (QED) is 0.747. The van der Waals surface area contributed by atoms with Crippen molar-refractivity contribution in [3.63, 3.8) is 0 Å². The van der Waals surface area contributed by atoms with Crippen molar-refractivity contribution < 1.29 is 14.3 Å². The third-order valence-electron chi connectivity index (χ3n) is 1.81. The highest BCUT2D eigenvalue weighted by Crippen LogP contribution is 2.12. The fourth-order valence-electron chi connectivity index (χ4n) is 1.07. The van der Waals surface area contributed by atoms with Crippen molar-refractivity contribution in [1.29, 1.82) is 0 Å². The van der Waals surface area contributed by atoms with Crippen molar-refractivity contribution in [2.75, 3.05) is 6.61 Å². The molecule has 0 bridgehead atoms. The van der Waals surface area contributed by atoms with Gasteiger partial charge in [-0.25, -0.2) is 4.39 Å². The first-order valence-corrected chi connectivity index (χ1v) is 4.23. The number of carbonyl (C=O) groups excluding carboxylic acids is 1. The molecule has 0 fully saturated rings. The summed E-state index contributed by atoms with van der Waals surface area (Å²) in [6, 6.07) is 4.14. The molecule has 0 spiro atoms. The van der Waals surface area contributed by atoms with Gasteiger partial charge in [0.15, 0.2) is 5.78 Å². The Hall–Kier alpha value is -1.48. The summed E-state index contributed by atoms with van der Waals surface area (Å²) in [5, 5.41) is 8.52. The Labute approximate surface area is 81.7 Å². The second-order valence-corrected chi connectivity index (χ2v) is 2.88. The molecule has 0 atom stereocenters. The molecule has 1 N–H and O–H groups in total. The number of rotatable bonds is 3. The first-order chi connectivity index (χ1) is 6.65. The van der Waals surface area contributed by atoms with E-state index >= 15 is 0 Å². The zero-order valence-corrected chi connectivity index (χ0v) is 7.83. The molecular formula is C11H11FO2. The molecule has 0 aliphatic heterocycles. The fraction of sp³-hybridized carbons (Fsp3) is 0.182. The molecule has 3 heteroatoms. The summed E-state index contributed by atoms with van der Waals surface area (Å²) in [5.41, 5.74) is 0.774. The van der Waals surface area contributed by atoms with Crippen molar-refractivity contribution in [1.82, 2.24) is 0 Å². The lowest BCUT2D eigenvalue weighted by Crippen LogP contribution is -1.94. The van der Waals surface area contributed by atoms with Crippen LogP contribution in [0.5, 0.6) is 0 Å². The van der Waals surface area contributed by atoms with Crippen molar-refractivity contribution in [2.24, 2.45) is 0 Å². The fourth-order valence-corrected chi connectivity index (χ4v) is 1.07. The normalized spacial score (nSPS) is 10.8. The van der Waals surface area contributed by atoms with Crippen LogP contribution < -0.4 is 0 Å². The maximum absolute atomic E-state index is 13.1. The van der Waals surface area contributed by atoms with E-state index in [1.165, 1.54) is 37.3 Å². The van der Waals surface area contributed by atoms with Crippen molar-refractivity contribution >= 4 is 11.9 Å². The van der Waals surface area contributed by atoms with Crippen LogP contribution in [0.4, 0.5) is 4.39 Å². The minimum Gasteiger partial charge on any atom is -0.392 e. The van der Waals surface area contributed by atoms with Gasteiger partial charge in [0, 0.05) is 11.1 Å². The summed E-state index contributed by atoms with van der Waals surface area (Å²) in [6.07, 6.45) is 2.87. The maximum Gasteiger partial charge on any atom is 0.159 e. The molecule has 0 aromatic heterocycles. The van der Waals surface area contributed by atoms with Gasteiger partial charge in [0.1, 0.15) is 5.82 Å². The van der Waals surface area contributed by atoms with E-state index in [0.29, 0.717) is 11.1 Å². The molecule has 0 unspecified atom stereocenters. The van der Waals surface area contributed by atoms with Crippen LogP contribution in [0.3, 0.4) is 0 Å². The van der Waals surface area contributed by atoms with E-state index in [1.54, 1.807) is 0 Å². The van der Waals surface area contributed by atoms with Gasteiger partial charge >= 0.3 is 0 Å². The summed E-state index contributed by atoms with van der Waals surface area (Å²) in [5.74, 6) is -0.511. The van der Waals surface area contributed by atoms with Crippen molar-refractivity contribution in [3.8, 4) is 0 Å². The molecule has 1 aromatic rings. The van der Waals surface area contributed by atoms with Gasteiger partial charge in [-0.1, -0.05) is 12.2 Å². The molecular weight excluding hydrogens is 183 g/mol. The number of Topliss-reactive ketones (excluding diaryl/α,β-unsaturated/α-hetero) is 1. The second kappa shape index (κ2) is 4.67. The Balaban J connectivity index is 3.08. The SMILES string of the molecule is CC(=O)c1ccc(F)c(C=CCO)c1. The lowest BCUT2D eigenvalue weighted by Gasteiger charge is -1.99. The van der Waals surface area contributed by atoms with E-state index in [2.05, 4.69) is 0 Å². The third-order valence-corrected chi connectivity index (χ3v) is 1.81. The Morgan fingerprint density at radius 2 is 2.29 bits per heavy atom. The summed E-state index contributed by atoms with van der Waals surface area (Å²) in [6.45, 7) is 1.27. The molecule has 74 valence electrons. The number of carbonyl (C=O) groups is 1. The molecule has 0 aliphatic carbocycles. The summed E-state index contributed by atoms with van der Waals surface area (Å²) in [7, 11) is 0. The number of halogens is 1. The topological polar surface area (TPSA) is 37.3 Å². The maximum atomic E-state index is 13.1. The molecule has 14 heavy (non-hydrogen) atoms. The monoisotopic (exact) mass is 194 g/mol. The van der Waals surface area contributed by atoms with Crippen LogP contribution in [0.2, 0.25) is 0 Å². The Morgan fingerprint density at radius 1 is 1.57 bits per heavy atom. The molecule has 1 rings (SSSR count). The van der Waals surface area contributed by atoms with Crippen LogP contribution >= 0.6 is 0 Å². The van der Waals surface area contributed by atoms with Crippen molar-refractivity contribution in [3.05, 3.63) is 41.2 Å². The lowest BCUT2D eigenvalue weighted by molar-refractivity contribution is 0.101. The zero-order chi connectivity index (χ0) is 10.6. The van der Waals surface area contributed by atoms with E-state index in [0.717, 1.165) is 0 Å². The Bertz CT molecular complexity index is 370. The van der Waals surface area contributed by atoms with E-state index in [1.807, 2.05) is 0 Å². The van der Waals surface area contributed by atoms with E-state index in [9.17, 15) is 9.18 Å². The number of hydrogen-bond donors (Lipinski definition) is 1. The summed E-state index contributed by atoms with van der Waals surface area (Å²) in [4.78, 5) is 11.0. The smallest absolute Gasteiger partial charge is 0.159 e. The Morgan fingerprint density at radius 3 is 2.86 bits per heavy atom. The first kappa shape index (κ1) is 10.6. The number of ketones is 1. The predicted molar refractivity (Wildman–Crippen MR) is 52.5 cm³/mol. The largest absolute Gasteiger partial charge is 0.392 e. The molecule has 1 aromatic carbocycles. The summed E-state index contributed by atoms with van der Waals surface area (Å²) < 4.78 is 13.1. The molecule has 0 saturated heterocycles. The van der Waals surface area contributed by atoms with Crippen molar-refractivity contribution in [2.45, 2.75) is 6.92 Å². The van der Waals surface area contributed by atoms with Crippen LogP contribution in [0.25, 0.3) is 6.08 Å². The zero-order valence-electron chi connectivity index (χ0n) is 7.83. The van der Waals surface area contributed by atoms with Crippen LogP contribution in [-0.4, -0.2) is 17.5 Å². The molecule has 2 nitrogen and oxygen atoms in total. The third kappa shape index (κ3) is 2.50. The minimum atomic E-state index is -0.403. The van der Waals surface area contributed by atoms with Gasteiger partial charge < -0.3 is 5.11 Å². The Kier molecular flexibility index (Phi) is 3.54. The molecule has 0 radical (unpaired) electrons. The van der Waals surface area contributed by atoms with Gasteiger partial charge in [0.25, 0.3) is 0 Å². The van der Waals surface area contributed by atoms with E-state index in [-0.39, 0.29) is 12.4 Å². The van der Waals surface area contributed by atoms with Gasteiger partial charge in [-0.05, 0) is 25.1 Å². The van der Waals surface area contributed by atoms with E-state index < -0.39 is 5.82 Å². The highest BCUT2D eigenvalue weighted by Gasteiger charge is 2.03. The number of hydrogen-bond acceptors (Lipinski definition) is 2. The average Bonchev–Trinajstić information content (AvgIpc) is 2.16. The van der Waals surface area contributed by atoms with Crippen LogP contribution in [0.15, 0.2) is 24.3 Å². The molecule has 0 aliphatic rings. The number of benzene rings is 1. The molecule has 0 amide bonds. The summed E-state index contributed by atoms with van der Waals surface area (Å²) >= 11 is 0. The first-order valence-electron chi connectivity index (χ1n) is 4.23. The standard InChI is InChI=1S/C11H11FO2/c1-8(14)9-4-5-11(12)10(7-9)3-2-6-13/h2-5,7,13H,6H2,1H3. The van der Waals surface area contributed by atoms with Crippen LogP contribution in [-0.2, 0) is 0 Å². The average molecular weight is 194 g/mol. The molecule has 0 saturated carbocycles. The lowest BCUT2D eigenvalue weighted by atomic mass is 10.1. The highest BCUT2D eigenvalue weighted by molar-refractivity contribution is 5.94. The van der Waals surface area contributed by atoms with Gasteiger partial charge in [0.05, 0.1) is 6.61 Å². The van der Waals surface area contributed by atoms with E-state index in [4.69, 9.17) is 5.11 Å². The van der Waals surface area contributed by atoms with Crippen LogP contribution in [0.1, 0.15) is 22.8 Å². The van der Waals surface area contributed by atoms with Gasteiger partial charge in [-0.2, -0.15) is 0 Å². The number of aliphatic hydroxyl groups is 1. The van der Waals surface area contributed by atoms with Gasteiger partial charge in [0.2, 0.25) is 0 Å². The van der Waals surface area contributed by atoms with Gasteiger partial charge in [-0.3, -0.25) is 4.79 Å². The van der Waals surface area contributed by atoms with Crippen LogP contribution in [0, 0.1) is 5.82 Å². The second-order valence-electron chi connectivity index (χ2n) is 2.88.